The zero-order chi connectivity index (χ0) is 23.4. The quantitative estimate of drug-likeness (QED) is 0.427. The number of hydrogen-bond donors (Lipinski definition) is 1. The number of halogens is 3. The minimum absolute atomic E-state index is 0.0987. The Labute approximate surface area is 186 Å². The zero-order valence-corrected chi connectivity index (χ0v) is 17.3. The fraction of sp³-hybridized carbons (Fsp3) is 0.182. The third kappa shape index (κ3) is 5.03. The lowest BCUT2D eigenvalue weighted by molar-refractivity contribution is -0.137. The first-order valence-electron chi connectivity index (χ1n) is 9.80. The molecule has 1 N–H and O–H groups in total. The van der Waals surface area contributed by atoms with Gasteiger partial charge < -0.3 is 14.8 Å². The summed E-state index contributed by atoms with van der Waals surface area (Å²) in [5, 5.41) is 15.2. The van der Waals surface area contributed by atoms with Crippen molar-refractivity contribution in [1.29, 1.82) is 0 Å². The second-order valence-corrected chi connectivity index (χ2v) is 6.88. The Hall–Kier alpha value is -4.15. The number of rotatable bonds is 7. The Morgan fingerprint density at radius 3 is 2.58 bits per heavy atom. The van der Waals surface area contributed by atoms with Crippen molar-refractivity contribution >= 4 is 11.6 Å². The average molecular weight is 457 g/mol. The van der Waals surface area contributed by atoms with Crippen LogP contribution in [0.1, 0.15) is 15.9 Å². The Bertz CT molecular complexity index is 1270. The highest BCUT2D eigenvalue weighted by Gasteiger charge is 2.30. The second kappa shape index (κ2) is 9.15. The molecule has 0 atom stereocenters. The summed E-state index contributed by atoms with van der Waals surface area (Å²) >= 11 is 0. The van der Waals surface area contributed by atoms with Crippen LogP contribution in [-0.4, -0.2) is 46.0 Å². The van der Waals surface area contributed by atoms with Crippen LogP contribution >= 0.6 is 0 Å². The number of amides is 1. The number of methoxy groups -OCH3 is 1. The summed E-state index contributed by atoms with van der Waals surface area (Å²) in [6.45, 7) is 0.228. The fourth-order valence-corrected chi connectivity index (χ4v) is 3.02. The predicted octanol–water partition coefficient (Wildman–Crippen LogP) is 3.63. The first kappa shape index (κ1) is 22.1. The molecule has 2 aromatic heterocycles. The molecule has 0 radical (unpaired) electrons. The summed E-state index contributed by atoms with van der Waals surface area (Å²) in [5.41, 5.74) is 0.590. The molecule has 0 aliphatic heterocycles. The summed E-state index contributed by atoms with van der Waals surface area (Å²) in [7, 11) is 1.57. The average Bonchev–Trinajstić information content (AvgIpc) is 3.24. The van der Waals surface area contributed by atoms with Crippen molar-refractivity contribution in [3.63, 3.8) is 0 Å². The lowest BCUT2D eigenvalue weighted by atomic mass is 10.1. The van der Waals surface area contributed by atoms with Crippen LogP contribution in [0.2, 0.25) is 0 Å². The van der Waals surface area contributed by atoms with E-state index in [4.69, 9.17) is 9.47 Å². The van der Waals surface area contributed by atoms with Gasteiger partial charge in [-0.3, -0.25) is 4.79 Å². The standard InChI is InChI=1S/C22H18F3N5O3/c1-32-17-4-2-3-15(13-17)20-28-27-18-9-10-19(29-30(18)20)33-12-11-26-21(31)14-5-7-16(8-6-14)22(23,24)25/h2-10,13H,11-12H2,1H3,(H,26,31). The number of fused-ring (bicyclic) bond motifs is 1. The van der Waals surface area contributed by atoms with Crippen molar-refractivity contribution in [3.05, 3.63) is 71.8 Å². The largest absolute Gasteiger partial charge is 0.497 e. The fourth-order valence-electron chi connectivity index (χ4n) is 3.02. The molecule has 11 heteroatoms. The van der Waals surface area contributed by atoms with E-state index in [-0.39, 0.29) is 24.6 Å². The first-order valence-corrected chi connectivity index (χ1v) is 9.80. The molecule has 0 bridgehead atoms. The van der Waals surface area contributed by atoms with Gasteiger partial charge in [-0.1, -0.05) is 12.1 Å². The minimum Gasteiger partial charge on any atom is -0.497 e. The van der Waals surface area contributed by atoms with E-state index in [9.17, 15) is 18.0 Å². The van der Waals surface area contributed by atoms with Crippen LogP contribution < -0.4 is 14.8 Å². The van der Waals surface area contributed by atoms with Crippen LogP contribution in [0.25, 0.3) is 17.0 Å². The van der Waals surface area contributed by atoms with Crippen molar-refractivity contribution in [1.82, 2.24) is 25.1 Å². The second-order valence-electron chi connectivity index (χ2n) is 6.88. The third-order valence-electron chi connectivity index (χ3n) is 4.68. The van der Waals surface area contributed by atoms with Gasteiger partial charge in [-0.2, -0.15) is 17.7 Å². The van der Waals surface area contributed by atoms with Gasteiger partial charge in [0.15, 0.2) is 11.5 Å². The van der Waals surface area contributed by atoms with E-state index in [0.29, 0.717) is 17.2 Å². The Kier molecular flexibility index (Phi) is 6.11. The summed E-state index contributed by atoms with van der Waals surface area (Å²) in [4.78, 5) is 12.1. The highest BCUT2D eigenvalue weighted by molar-refractivity contribution is 5.94. The van der Waals surface area contributed by atoms with E-state index in [1.807, 2.05) is 24.3 Å². The van der Waals surface area contributed by atoms with Crippen molar-refractivity contribution in [2.45, 2.75) is 6.18 Å². The lowest BCUT2D eigenvalue weighted by Gasteiger charge is -2.09. The molecule has 2 aromatic carbocycles. The summed E-state index contributed by atoms with van der Waals surface area (Å²) in [6, 6.07) is 14.6. The Balaban J connectivity index is 1.37. The maximum absolute atomic E-state index is 12.6. The number of aromatic nitrogens is 4. The van der Waals surface area contributed by atoms with Gasteiger partial charge in [-0.15, -0.1) is 15.3 Å². The Morgan fingerprint density at radius 2 is 1.85 bits per heavy atom. The van der Waals surface area contributed by atoms with Crippen LogP contribution in [0.4, 0.5) is 13.2 Å². The van der Waals surface area contributed by atoms with Crippen molar-refractivity contribution in [3.8, 4) is 23.0 Å². The monoisotopic (exact) mass is 457 g/mol. The van der Waals surface area contributed by atoms with Gasteiger partial charge in [-0.05, 0) is 42.5 Å². The Morgan fingerprint density at radius 1 is 1.06 bits per heavy atom. The summed E-state index contributed by atoms with van der Waals surface area (Å²) in [6.07, 6.45) is -4.45. The molecule has 2 heterocycles. The highest BCUT2D eigenvalue weighted by Crippen LogP contribution is 2.29. The number of carbonyl (C=O) groups excluding carboxylic acids is 1. The summed E-state index contributed by atoms with van der Waals surface area (Å²) in [5.74, 6) is 0.954. The molecule has 0 fully saturated rings. The smallest absolute Gasteiger partial charge is 0.416 e. The van der Waals surface area contributed by atoms with E-state index in [2.05, 4.69) is 20.6 Å². The molecule has 0 saturated heterocycles. The maximum atomic E-state index is 12.6. The van der Waals surface area contributed by atoms with Crippen LogP contribution in [0, 0.1) is 0 Å². The van der Waals surface area contributed by atoms with Crippen LogP contribution in [0.15, 0.2) is 60.7 Å². The molecule has 4 aromatic rings. The number of alkyl halides is 3. The first-order chi connectivity index (χ1) is 15.8. The molecule has 33 heavy (non-hydrogen) atoms. The topological polar surface area (TPSA) is 90.6 Å². The molecule has 8 nitrogen and oxygen atoms in total. The van der Waals surface area contributed by atoms with E-state index >= 15 is 0 Å². The van der Waals surface area contributed by atoms with E-state index in [1.54, 1.807) is 19.2 Å². The van der Waals surface area contributed by atoms with Crippen LogP contribution in [-0.2, 0) is 6.18 Å². The molecule has 1 amide bonds. The number of nitrogens with zero attached hydrogens (tertiary/aromatic N) is 4. The lowest BCUT2D eigenvalue weighted by Crippen LogP contribution is -2.28. The van der Waals surface area contributed by atoms with Gasteiger partial charge in [0, 0.05) is 17.2 Å². The van der Waals surface area contributed by atoms with E-state index in [1.165, 1.54) is 4.52 Å². The molecule has 0 spiro atoms. The number of benzene rings is 2. The number of ether oxygens (including phenoxy) is 2. The van der Waals surface area contributed by atoms with Gasteiger partial charge in [0.2, 0.25) is 5.88 Å². The third-order valence-corrected chi connectivity index (χ3v) is 4.68. The predicted molar refractivity (Wildman–Crippen MR) is 112 cm³/mol. The number of hydrogen-bond acceptors (Lipinski definition) is 6. The van der Waals surface area contributed by atoms with Crippen molar-refractivity contribution < 1.29 is 27.4 Å². The van der Waals surface area contributed by atoms with Gasteiger partial charge in [0.25, 0.3) is 5.91 Å². The molecule has 0 unspecified atom stereocenters. The van der Waals surface area contributed by atoms with Crippen molar-refractivity contribution in [2.75, 3.05) is 20.3 Å². The molecule has 0 aliphatic rings. The van der Waals surface area contributed by atoms with Crippen molar-refractivity contribution in [2.24, 2.45) is 0 Å². The maximum Gasteiger partial charge on any atom is 0.416 e. The van der Waals surface area contributed by atoms with E-state index < -0.39 is 17.6 Å². The normalized spacial score (nSPS) is 11.4. The van der Waals surface area contributed by atoms with Gasteiger partial charge in [-0.25, -0.2) is 0 Å². The van der Waals surface area contributed by atoms with Crippen LogP contribution in [0.3, 0.4) is 0 Å². The summed E-state index contributed by atoms with van der Waals surface area (Å²) < 4.78 is 50.2. The number of carbonyl (C=O) groups is 1. The van der Waals surface area contributed by atoms with Gasteiger partial charge in [0.05, 0.1) is 19.2 Å². The van der Waals surface area contributed by atoms with Gasteiger partial charge >= 0.3 is 6.18 Å². The molecule has 0 saturated carbocycles. The minimum atomic E-state index is -4.45. The zero-order valence-electron chi connectivity index (χ0n) is 17.3. The molecule has 4 rings (SSSR count). The molecule has 170 valence electrons. The number of nitrogens with one attached hydrogen (secondary N) is 1. The molecular formula is C22H18F3N5O3. The highest BCUT2D eigenvalue weighted by atomic mass is 19.4. The van der Waals surface area contributed by atoms with Crippen LogP contribution in [0.5, 0.6) is 11.6 Å². The van der Waals surface area contributed by atoms with E-state index in [0.717, 1.165) is 29.8 Å². The SMILES string of the molecule is COc1cccc(-c2nnc3ccc(OCCNC(=O)c4ccc(C(F)(F)F)cc4)nn23)c1. The van der Waals surface area contributed by atoms with Gasteiger partial charge in [0.1, 0.15) is 12.4 Å². The molecule has 0 aliphatic carbocycles. The molecular weight excluding hydrogens is 439 g/mol.